The van der Waals surface area contributed by atoms with Gasteiger partial charge in [0.05, 0.1) is 25.1 Å². The molecule has 0 aromatic heterocycles. The molecular weight excluding hydrogens is 346 g/mol. The monoisotopic (exact) mass is 357 g/mol. The fourth-order valence-electron chi connectivity index (χ4n) is 1.47. The molecule has 100 valence electrons. The number of hydrogen-bond acceptors (Lipinski definition) is 4. The van der Waals surface area contributed by atoms with Crippen LogP contribution in [0.3, 0.4) is 0 Å². The van der Waals surface area contributed by atoms with Crippen LogP contribution in [-0.2, 0) is 0 Å². The molecule has 1 aliphatic rings. The second-order valence-corrected chi connectivity index (χ2v) is 4.96. The van der Waals surface area contributed by atoms with E-state index in [2.05, 4.69) is 16.0 Å². The molecule has 0 bridgehead atoms. The van der Waals surface area contributed by atoms with E-state index in [9.17, 15) is 0 Å². The summed E-state index contributed by atoms with van der Waals surface area (Å²) in [6.45, 7) is 1.56. The third kappa shape index (κ3) is 4.90. The van der Waals surface area contributed by atoms with E-state index >= 15 is 0 Å². The van der Waals surface area contributed by atoms with Crippen LogP contribution in [-0.4, -0.2) is 35.2 Å². The van der Waals surface area contributed by atoms with Crippen molar-refractivity contribution in [1.82, 2.24) is 5.01 Å². The van der Waals surface area contributed by atoms with Crippen LogP contribution in [0.15, 0.2) is 34.4 Å². The van der Waals surface area contributed by atoms with Crippen molar-refractivity contribution in [3.8, 4) is 12.3 Å². The molecule has 1 aromatic rings. The van der Waals surface area contributed by atoms with Gasteiger partial charge in [0.25, 0.3) is 0 Å². The van der Waals surface area contributed by atoms with Crippen LogP contribution < -0.4 is 0 Å². The molecule has 0 aliphatic carbocycles. The zero-order chi connectivity index (χ0) is 12.8. The van der Waals surface area contributed by atoms with Crippen LogP contribution in [0.4, 0.5) is 0 Å². The number of rotatable bonds is 3. The lowest BCUT2D eigenvalue weighted by Gasteiger charge is -2.12. The van der Waals surface area contributed by atoms with Crippen molar-refractivity contribution >= 4 is 51.7 Å². The van der Waals surface area contributed by atoms with Crippen molar-refractivity contribution in [3.63, 3.8) is 0 Å². The van der Waals surface area contributed by atoms with Gasteiger partial charge in [0.1, 0.15) is 0 Å². The Morgan fingerprint density at radius 2 is 2.42 bits per heavy atom. The van der Waals surface area contributed by atoms with E-state index < -0.39 is 0 Å². The van der Waals surface area contributed by atoms with E-state index in [1.807, 2.05) is 29.3 Å². The van der Waals surface area contributed by atoms with Gasteiger partial charge in [0, 0.05) is 5.02 Å². The van der Waals surface area contributed by atoms with Crippen molar-refractivity contribution in [3.05, 3.63) is 34.9 Å². The highest BCUT2D eigenvalue weighted by atomic mass is 79.9. The maximum Gasteiger partial charge on any atom is 0.180 e. The van der Waals surface area contributed by atoms with Crippen LogP contribution in [0.25, 0.3) is 0 Å². The van der Waals surface area contributed by atoms with Gasteiger partial charge in [0.2, 0.25) is 0 Å². The first kappa shape index (κ1) is 16.1. The summed E-state index contributed by atoms with van der Waals surface area (Å²) in [6, 6.07) is 7.56. The molecule has 3 nitrogen and oxygen atoms in total. The molecule has 1 aromatic carbocycles. The molecule has 0 spiro atoms. The maximum absolute atomic E-state index is 5.91. The molecule has 1 aliphatic heterocycles. The average molecular weight is 359 g/mol. The number of hydrazone groups is 1. The highest BCUT2D eigenvalue weighted by Crippen LogP contribution is 2.14. The Bertz CT molecular complexity index is 525. The summed E-state index contributed by atoms with van der Waals surface area (Å²) in [5, 5.41) is 7.85. The zero-order valence-electron chi connectivity index (χ0n) is 10.1. The highest BCUT2D eigenvalue weighted by Gasteiger charge is 2.15. The summed E-state index contributed by atoms with van der Waals surface area (Å²) >= 11 is 7.44. The number of benzene rings is 1. The molecule has 2 rings (SSSR count). The standard InChI is InChI=1S/C13H12ClN3S.BrH/c1-2-8-18-13-15-6-7-17(13)16-10-11-4-3-5-12(14)9-11;/h1,3-5,9-10H,6-8H2;1H/b16-10+;. The molecule has 0 saturated heterocycles. The Morgan fingerprint density at radius 3 is 3.16 bits per heavy atom. The summed E-state index contributed by atoms with van der Waals surface area (Å²) in [6.07, 6.45) is 7.02. The second kappa shape index (κ2) is 8.26. The Balaban J connectivity index is 0.00000180. The molecule has 0 amide bonds. The van der Waals surface area contributed by atoms with Gasteiger partial charge in [-0.2, -0.15) is 5.10 Å². The minimum absolute atomic E-state index is 0. The highest BCUT2D eigenvalue weighted by molar-refractivity contribution is 8.93. The van der Waals surface area contributed by atoms with Gasteiger partial charge < -0.3 is 0 Å². The summed E-state index contributed by atoms with van der Waals surface area (Å²) in [4.78, 5) is 4.35. The first-order valence-electron chi connectivity index (χ1n) is 5.47. The summed E-state index contributed by atoms with van der Waals surface area (Å²) < 4.78 is 0. The van der Waals surface area contributed by atoms with Gasteiger partial charge in [0.15, 0.2) is 5.17 Å². The Hall–Kier alpha value is -0.960. The fourth-order valence-corrected chi connectivity index (χ4v) is 2.36. The van der Waals surface area contributed by atoms with Crippen molar-refractivity contribution in [2.24, 2.45) is 10.1 Å². The number of aliphatic imine (C=N–C) groups is 1. The van der Waals surface area contributed by atoms with E-state index in [1.54, 1.807) is 6.21 Å². The van der Waals surface area contributed by atoms with Crippen LogP contribution in [0.5, 0.6) is 0 Å². The zero-order valence-corrected chi connectivity index (χ0v) is 13.4. The molecule has 0 fully saturated rings. The molecule has 0 atom stereocenters. The number of halogens is 2. The smallest absolute Gasteiger partial charge is 0.180 e. The fraction of sp³-hybridized carbons (Fsp3) is 0.231. The van der Waals surface area contributed by atoms with E-state index in [-0.39, 0.29) is 17.0 Å². The van der Waals surface area contributed by atoms with Crippen molar-refractivity contribution in [2.75, 3.05) is 18.8 Å². The van der Waals surface area contributed by atoms with E-state index in [0.717, 1.165) is 23.8 Å². The minimum Gasteiger partial charge on any atom is -0.259 e. The van der Waals surface area contributed by atoms with Crippen molar-refractivity contribution in [2.45, 2.75) is 0 Å². The normalized spacial score (nSPS) is 14.1. The Morgan fingerprint density at radius 1 is 1.58 bits per heavy atom. The summed E-state index contributed by atoms with van der Waals surface area (Å²) in [7, 11) is 0. The molecule has 19 heavy (non-hydrogen) atoms. The topological polar surface area (TPSA) is 28.0 Å². The minimum atomic E-state index is 0. The quantitative estimate of drug-likeness (QED) is 0.612. The first-order chi connectivity index (χ1) is 8.79. The lowest BCUT2D eigenvalue weighted by molar-refractivity contribution is 0.499. The predicted octanol–water partition coefficient (Wildman–Crippen LogP) is 3.29. The van der Waals surface area contributed by atoms with Crippen LogP contribution in [0.2, 0.25) is 5.02 Å². The Kier molecular flexibility index (Phi) is 7.00. The third-order valence-electron chi connectivity index (χ3n) is 2.26. The second-order valence-electron chi connectivity index (χ2n) is 3.58. The van der Waals surface area contributed by atoms with Crippen LogP contribution in [0.1, 0.15) is 5.56 Å². The summed E-state index contributed by atoms with van der Waals surface area (Å²) in [5.41, 5.74) is 0.968. The number of terminal acetylenes is 1. The summed E-state index contributed by atoms with van der Waals surface area (Å²) in [5.74, 6) is 3.20. The molecule has 1 heterocycles. The Labute approximate surface area is 132 Å². The van der Waals surface area contributed by atoms with Crippen LogP contribution >= 0.6 is 40.3 Å². The third-order valence-corrected chi connectivity index (χ3v) is 3.40. The van der Waals surface area contributed by atoms with Gasteiger partial charge in [-0.05, 0) is 17.7 Å². The first-order valence-corrected chi connectivity index (χ1v) is 6.84. The maximum atomic E-state index is 5.91. The predicted molar refractivity (Wildman–Crippen MR) is 89.7 cm³/mol. The number of thioether (sulfide) groups is 1. The van der Waals surface area contributed by atoms with Gasteiger partial charge in [-0.15, -0.1) is 23.4 Å². The van der Waals surface area contributed by atoms with Crippen molar-refractivity contribution in [1.29, 1.82) is 0 Å². The molecular formula is C13H13BrClN3S. The van der Waals surface area contributed by atoms with Gasteiger partial charge in [-0.25, -0.2) is 5.01 Å². The van der Waals surface area contributed by atoms with E-state index in [4.69, 9.17) is 18.0 Å². The lowest BCUT2D eigenvalue weighted by atomic mass is 10.2. The van der Waals surface area contributed by atoms with Crippen molar-refractivity contribution < 1.29 is 0 Å². The largest absolute Gasteiger partial charge is 0.259 e. The van der Waals surface area contributed by atoms with Gasteiger partial charge in [-0.1, -0.05) is 41.4 Å². The lowest BCUT2D eigenvalue weighted by Crippen LogP contribution is -2.19. The molecule has 6 heteroatoms. The molecule has 0 unspecified atom stereocenters. The molecule has 0 radical (unpaired) electrons. The average Bonchev–Trinajstić information content (AvgIpc) is 2.81. The van der Waals surface area contributed by atoms with Gasteiger partial charge in [-0.3, -0.25) is 4.99 Å². The van der Waals surface area contributed by atoms with E-state index in [0.29, 0.717) is 10.8 Å². The van der Waals surface area contributed by atoms with E-state index in [1.165, 1.54) is 11.8 Å². The number of amidine groups is 1. The SMILES string of the molecule is Br.C#CCSC1=NCCN1/N=C/c1cccc(Cl)c1. The van der Waals surface area contributed by atoms with Crippen LogP contribution in [0, 0.1) is 12.3 Å². The molecule has 0 N–H and O–H groups in total. The number of nitrogens with zero attached hydrogens (tertiary/aromatic N) is 3. The molecule has 0 saturated carbocycles. The number of hydrogen-bond donors (Lipinski definition) is 0. The van der Waals surface area contributed by atoms with Gasteiger partial charge >= 0.3 is 0 Å².